The van der Waals surface area contributed by atoms with Crippen LogP contribution in [0.3, 0.4) is 0 Å². The number of thiazole rings is 2. The Labute approximate surface area is 198 Å². The highest BCUT2D eigenvalue weighted by molar-refractivity contribution is 8.93. The first kappa shape index (κ1) is 24.8. The number of benzene rings is 1. The number of anilines is 2. The molecule has 3 rings (SSSR count). The fraction of sp³-hybridized carbons (Fsp3) is 0.300. The Bertz CT molecular complexity index is 1080. The Morgan fingerprint density at radius 2 is 2.00 bits per heavy atom. The number of primary amides is 1. The third-order valence-corrected chi connectivity index (χ3v) is 5.77. The average molecular weight is 527 g/mol. The van der Waals surface area contributed by atoms with Crippen LogP contribution in [-0.4, -0.2) is 34.6 Å². The molecule has 11 heteroatoms. The molecular weight excluding hydrogens is 504 g/mol. The molecule has 3 N–H and O–H groups in total. The lowest BCUT2D eigenvalue weighted by Gasteiger charge is -2.15. The molecular formula is C20H23BrN4O4S2. The summed E-state index contributed by atoms with van der Waals surface area (Å²) >= 11 is 2.63. The highest BCUT2D eigenvalue weighted by atomic mass is 79.9. The summed E-state index contributed by atoms with van der Waals surface area (Å²) in [6.07, 6.45) is -0.0435. The Morgan fingerprint density at radius 1 is 1.26 bits per heavy atom. The van der Waals surface area contributed by atoms with Crippen LogP contribution >= 0.6 is 39.7 Å². The molecule has 0 aliphatic carbocycles. The predicted molar refractivity (Wildman–Crippen MR) is 128 cm³/mol. The van der Waals surface area contributed by atoms with Gasteiger partial charge in [0.15, 0.2) is 5.13 Å². The fourth-order valence-electron chi connectivity index (χ4n) is 2.60. The van der Waals surface area contributed by atoms with Crippen LogP contribution in [0.15, 0.2) is 23.6 Å². The average Bonchev–Trinajstić information content (AvgIpc) is 3.29. The molecule has 0 bridgehead atoms. The van der Waals surface area contributed by atoms with E-state index in [2.05, 4.69) is 15.3 Å². The van der Waals surface area contributed by atoms with E-state index in [1.165, 1.54) is 22.7 Å². The SMILES string of the molecule is Br.CCOC(=O)c1nc(C)c(-c2csc(Nc3cc(C(N)=O)ccc3OC(C)C)n2)s1. The smallest absolute Gasteiger partial charge is 0.367 e. The summed E-state index contributed by atoms with van der Waals surface area (Å²) in [7, 11) is 0. The fourth-order valence-corrected chi connectivity index (χ4v) is 4.31. The van der Waals surface area contributed by atoms with Gasteiger partial charge in [0.1, 0.15) is 5.75 Å². The van der Waals surface area contributed by atoms with Crippen molar-refractivity contribution in [3.05, 3.63) is 39.8 Å². The van der Waals surface area contributed by atoms with Crippen LogP contribution in [0.2, 0.25) is 0 Å². The summed E-state index contributed by atoms with van der Waals surface area (Å²) in [5, 5.41) is 5.98. The summed E-state index contributed by atoms with van der Waals surface area (Å²) in [5.74, 6) is -0.379. The van der Waals surface area contributed by atoms with Gasteiger partial charge in [-0.25, -0.2) is 14.8 Å². The van der Waals surface area contributed by atoms with Crippen LogP contribution in [0.25, 0.3) is 10.6 Å². The lowest BCUT2D eigenvalue weighted by molar-refractivity contribution is 0.0525. The van der Waals surface area contributed by atoms with Gasteiger partial charge in [0.2, 0.25) is 10.9 Å². The first-order chi connectivity index (χ1) is 14.3. The van der Waals surface area contributed by atoms with Gasteiger partial charge in [-0.1, -0.05) is 0 Å². The zero-order valence-electron chi connectivity index (χ0n) is 17.4. The third-order valence-electron chi connectivity index (χ3n) is 3.85. The predicted octanol–water partition coefficient (Wildman–Crippen LogP) is 4.96. The molecule has 0 fully saturated rings. The van der Waals surface area contributed by atoms with Crippen LogP contribution in [-0.2, 0) is 4.74 Å². The second kappa shape index (κ2) is 10.7. The third kappa shape index (κ3) is 6.02. The molecule has 0 saturated carbocycles. The van der Waals surface area contributed by atoms with Crippen molar-refractivity contribution in [2.75, 3.05) is 11.9 Å². The number of ether oxygens (including phenoxy) is 2. The molecule has 0 radical (unpaired) electrons. The van der Waals surface area contributed by atoms with Gasteiger partial charge < -0.3 is 20.5 Å². The van der Waals surface area contributed by atoms with Crippen molar-refractivity contribution in [3.8, 4) is 16.3 Å². The minimum Gasteiger partial charge on any atom is -0.489 e. The number of aromatic nitrogens is 2. The topological polar surface area (TPSA) is 116 Å². The maximum atomic E-state index is 11.9. The van der Waals surface area contributed by atoms with Gasteiger partial charge in [-0.3, -0.25) is 4.79 Å². The first-order valence-electron chi connectivity index (χ1n) is 9.26. The number of carbonyl (C=O) groups is 2. The standard InChI is InChI=1S/C20H22N4O4S2.BrH/c1-5-27-19(26)18-22-11(4)16(30-18)14-9-29-20(24-14)23-13-8-12(17(21)25)6-7-15(13)28-10(2)3;/h6-10H,5H2,1-4H3,(H2,21,25)(H,23,24);1H. The van der Waals surface area contributed by atoms with Crippen LogP contribution in [0.5, 0.6) is 5.75 Å². The van der Waals surface area contributed by atoms with Crippen LogP contribution in [0.1, 0.15) is 46.6 Å². The number of aryl methyl sites for hydroxylation is 1. The highest BCUT2D eigenvalue weighted by Crippen LogP contribution is 2.35. The van der Waals surface area contributed by atoms with Gasteiger partial charge in [-0.2, -0.15) is 0 Å². The molecule has 8 nitrogen and oxygen atoms in total. The van der Waals surface area contributed by atoms with Crippen LogP contribution in [0.4, 0.5) is 10.8 Å². The highest BCUT2D eigenvalue weighted by Gasteiger charge is 2.19. The molecule has 0 saturated heterocycles. The molecule has 3 aromatic rings. The van der Waals surface area contributed by atoms with E-state index in [0.29, 0.717) is 45.1 Å². The van der Waals surface area contributed by atoms with E-state index in [1.54, 1.807) is 25.1 Å². The summed E-state index contributed by atoms with van der Waals surface area (Å²) in [6.45, 7) is 7.71. The molecule has 0 spiro atoms. The molecule has 1 aromatic carbocycles. The van der Waals surface area contributed by atoms with E-state index in [9.17, 15) is 9.59 Å². The molecule has 2 aromatic heterocycles. The summed E-state index contributed by atoms with van der Waals surface area (Å²) in [5.41, 5.74) is 7.77. The van der Waals surface area contributed by atoms with Gasteiger partial charge >= 0.3 is 5.97 Å². The summed E-state index contributed by atoms with van der Waals surface area (Å²) in [4.78, 5) is 33.2. The van der Waals surface area contributed by atoms with Crippen LogP contribution in [0, 0.1) is 6.92 Å². The van der Waals surface area contributed by atoms with Gasteiger partial charge in [0, 0.05) is 10.9 Å². The molecule has 2 heterocycles. The van der Waals surface area contributed by atoms with Gasteiger partial charge in [-0.05, 0) is 45.9 Å². The second-order valence-corrected chi connectivity index (χ2v) is 8.42. The second-order valence-electron chi connectivity index (χ2n) is 6.56. The van der Waals surface area contributed by atoms with E-state index in [0.717, 1.165) is 4.88 Å². The monoisotopic (exact) mass is 526 g/mol. The summed E-state index contributed by atoms with van der Waals surface area (Å²) in [6, 6.07) is 4.96. The number of rotatable bonds is 8. The number of esters is 1. The first-order valence-corrected chi connectivity index (χ1v) is 11.0. The lowest BCUT2D eigenvalue weighted by Crippen LogP contribution is -2.12. The number of amides is 1. The number of nitrogens with one attached hydrogen (secondary N) is 1. The van der Waals surface area contributed by atoms with Gasteiger partial charge in [0.05, 0.1) is 34.7 Å². The molecule has 0 atom stereocenters. The van der Waals surface area contributed by atoms with Crippen molar-refractivity contribution in [2.45, 2.75) is 33.8 Å². The quantitative estimate of drug-likeness (QED) is 0.398. The molecule has 166 valence electrons. The molecule has 0 aliphatic rings. The number of hydrogen-bond acceptors (Lipinski definition) is 9. The number of carbonyl (C=O) groups excluding carboxylic acids is 2. The van der Waals surface area contributed by atoms with Crippen molar-refractivity contribution >= 4 is 62.4 Å². The molecule has 1 amide bonds. The Kier molecular flexibility index (Phi) is 8.54. The zero-order chi connectivity index (χ0) is 21.8. The Morgan fingerprint density at radius 3 is 2.65 bits per heavy atom. The maximum absolute atomic E-state index is 11.9. The van der Waals surface area contributed by atoms with Crippen molar-refractivity contribution in [3.63, 3.8) is 0 Å². The van der Waals surface area contributed by atoms with Gasteiger partial charge in [-0.15, -0.1) is 39.7 Å². The number of nitrogens with zero attached hydrogens (tertiary/aromatic N) is 2. The maximum Gasteiger partial charge on any atom is 0.367 e. The number of halogens is 1. The van der Waals surface area contributed by atoms with Crippen molar-refractivity contribution in [1.29, 1.82) is 0 Å². The molecule has 31 heavy (non-hydrogen) atoms. The van der Waals surface area contributed by atoms with Crippen molar-refractivity contribution in [1.82, 2.24) is 9.97 Å². The molecule has 0 aliphatic heterocycles. The van der Waals surface area contributed by atoms with E-state index in [4.69, 9.17) is 15.2 Å². The molecule has 0 unspecified atom stereocenters. The Hall–Kier alpha value is -2.50. The van der Waals surface area contributed by atoms with E-state index in [-0.39, 0.29) is 23.1 Å². The largest absolute Gasteiger partial charge is 0.489 e. The van der Waals surface area contributed by atoms with E-state index < -0.39 is 11.9 Å². The normalized spacial score (nSPS) is 10.5. The van der Waals surface area contributed by atoms with Crippen molar-refractivity contribution < 1.29 is 19.1 Å². The van der Waals surface area contributed by atoms with Crippen LogP contribution < -0.4 is 15.8 Å². The van der Waals surface area contributed by atoms with E-state index in [1.807, 2.05) is 26.2 Å². The van der Waals surface area contributed by atoms with Crippen molar-refractivity contribution in [2.24, 2.45) is 5.73 Å². The minimum atomic E-state index is -0.527. The zero-order valence-corrected chi connectivity index (χ0v) is 20.8. The summed E-state index contributed by atoms with van der Waals surface area (Å²) < 4.78 is 10.8. The Balaban J connectivity index is 0.00000341. The number of nitrogens with two attached hydrogens (primary N) is 1. The minimum absolute atomic E-state index is 0. The van der Waals surface area contributed by atoms with E-state index >= 15 is 0 Å². The lowest BCUT2D eigenvalue weighted by atomic mass is 10.1. The van der Waals surface area contributed by atoms with Gasteiger partial charge in [0.25, 0.3) is 0 Å². The number of hydrogen-bond donors (Lipinski definition) is 2.